The molecule has 4 rings (SSSR count). The van der Waals surface area contributed by atoms with Crippen molar-refractivity contribution in [1.82, 2.24) is 15.3 Å². The van der Waals surface area contributed by atoms with E-state index < -0.39 is 0 Å². The third-order valence-corrected chi connectivity index (χ3v) is 5.10. The Labute approximate surface area is 159 Å². The molecule has 0 spiro atoms. The summed E-state index contributed by atoms with van der Waals surface area (Å²) >= 11 is 0. The van der Waals surface area contributed by atoms with Crippen LogP contribution in [0, 0.1) is 0 Å². The molecule has 1 aromatic carbocycles. The summed E-state index contributed by atoms with van der Waals surface area (Å²) in [7, 11) is 0. The minimum Gasteiger partial charge on any atom is -0.378 e. The van der Waals surface area contributed by atoms with Gasteiger partial charge >= 0.3 is 0 Å². The molecule has 1 atom stereocenters. The van der Waals surface area contributed by atoms with Gasteiger partial charge in [-0.1, -0.05) is 0 Å². The number of anilines is 2. The Bertz CT molecular complexity index is 747. The number of piperidine rings is 1. The second kappa shape index (κ2) is 8.35. The van der Waals surface area contributed by atoms with E-state index in [-0.39, 0.29) is 11.9 Å². The predicted octanol–water partition coefficient (Wildman–Crippen LogP) is 1.71. The first-order chi connectivity index (χ1) is 13.3. The van der Waals surface area contributed by atoms with Crippen molar-refractivity contribution >= 4 is 17.5 Å². The number of carbonyl (C=O) groups is 1. The summed E-state index contributed by atoms with van der Waals surface area (Å²) in [6.45, 7) is 4.96. The van der Waals surface area contributed by atoms with E-state index in [0.29, 0.717) is 5.56 Å². The van der Waals surface area contributed by atoms with Crippen LogP contribution >= 0.6 is 0 Å². The molecule has 2 aromatic rings. The summed E-state index contributed by atoms with van der Waals surface area (Å²) in [6.07, 6.45) is 5.49. The number of benzene rings is 1. The molecule has 2 fully saturated rings. The molecule has 1 amide bonds. The van der Waals surface area contributed by atoms with Crippen LogP contribution in [0.1, 0.15) is 23.2 Å². The van der Waals surface area contributed by atoms with Crippen LogP contribution in [-0.2, 0) is 4.74 Å². The summed E-state index contributed by atoms with van der Waals surface area (Å²) < 4.78 is 5.39. The number of rotatable bonds is 4. The lowest BCUT2D eigenvalue weighted by atomic mass is 10.1. The van der Waals surface area contributed by atoms with Gasteiger partial charge in [0.2, 0.25) is 5.95 Å². The molecule has 2 saturated heterocycles. The zero-order chi connectivity index (χ0) is 18.5. The van der Waals surface area contributed by atoms with Gasteiger partial charge in [-0.15, -0.1) is 0 Å². The monoisotopic (exact) mass is 367 g/mol. The second-order valence-electron chi connectivity index (χ2n) is 6.95. The molecule has 0 bridgehead atoms. The molecule has 0 aliphatic carbocycles. The van der Waals surface area contributed by atoms with Crippen LogP contribution < -0.4 is 15.1 Å². The second-order valence-corrected chi connectivity index (χ2v) is 6.95. The first-order valence-corrected chi connectivity index (χ1v) is 9.55. The van der Waals surface area contributed by atoms with Crippen LogP contribution in [0.4, 0.5) is 11.6 Å². The molecular weight excluding hydrogens is 342 g/mol. The van der Waals surface area contributed by atoms with E-state index in [1.807, 2.05) is 30.3 Å². The van der Waals surface area contributed by atoms with Crippen molar-refractivity contribution in [2.24, 2.45) is 0 Å². The zero-order valence-electron chi connectivity index (χ0n) is 15.4. The molecule has 0 radical (unpaired) electrons. The van der Waals surface area contributed by atoms with Crippen LogP contribution in [0.2, 0.25) is 0 Å². The van der Waals surface area contributed by atoms with Crippen molar-refractivity contribution in [3.63, 3.8) is 0 Å². The first-order valence-electron chi connectivity index (χ1n) is 9.55. The standard InChI is InChI=1S/C20H25N5O2/c26-19(16-4-6-18(7-5-16)24-11-13-27-14-12-24)23-17-3-1-10-25(15-17)20-21-8-2-9-22-20/h2,4-9,17H,1,3,10-15H2,(H,23,26). The molecule has 7 heteroatoms. The van der Waals surface area contributed by atoms with Gasteiger partial charge in [-0.05, 0) is 43.2 Å². The Morgan fingerprint density at radius 3 is 2.52 bits per heavy atom. The van der Waals surface area contributed by atoms with Crippen LogP contribution in [0.3, 0.4) is 0 Å². The highest BCUT2D eigenvalue weighted by Crippen LogP contribution is 2.18. The van der Waals surface area contributed by atoms with Gasteiger partial charge in [0.1, 0.15) is 0 Å². The lowest BCUT2D eigenvalue weighted by Gasteiger charge is -2.33. The first kappa shape index (κ1) is 17.7. The molecule has 1 aromatic heterocycles. The minimum atomic E-state index is -0.0237. The van der Waals surface area contributed by atoms with Crippen molar-refractivity contribution in [2.75, 3.05) is 49.2 Å². The highest BCUT2D eigenvalue weighted by Gasteiger charge is 2.23. The fraction of sp³-hybridized carbons (Fsp3) is 0.450. The van der Waals surface area contributed by atoms with Gasteiger partial charge in [-0.2, -0.15) is 0 Å². The van der Waals surface area contributed by atoms with E-state index in [1.54, 1.807) is 12.4 Å². The van der Waals surface area contributed by atoms with Crippen LogP contribution in [0.25, 0.3) is 0 Å². The third-order valence-electron chi connectivity index (χ3n) is 5.10. The van der Waals surface area contributed by atoms with Crippen molar-refractivity contribution in [2.45, 2.75) is 18.9 Å². The predicted molar refractivity (Wildman–Crippen MR) is 104 cm³/mol. The number of hydrogen-bond acceptors (Lipinski definition) is 6. The molecule has 2 aliphatic heterocycles. The molecule has 3 heterocycles. The molecule has 27 heavy (non-hydrogen) atoms. The average molecular weight is 367 g/mol. The highest BCUT2D eigenvalue weighted by molar-refractivity contribution is 5.94. The molecule has 0 saturated carbocycles. The van der Waals surface area contributed by atoms with E-state index in [2.05, 4.69) is 25.1 Å². The van der Waals surface area contributed by atoms with Gasteiger partial charge in [0.25, 0.3) is 5.91 Å². The number of morpholine rings is 1. The molecule has 7 nitrogen and oxygen atoms in total. The van der Waals surface area contributed by atoms with E-state index in [4.69, 9.17) is 4.74 Å². The molecule has 1 N–H and O–H groups in total. The van der Waals surface area contributed by atoms with Crippen LogP contribution in [-0.4, -0.2) is 61.3 Å². The number of hydrogen-bond donors (Lipinski definition) is 1. The number of aromatic nitrogens is 2. The SMILES string of the molecule is O=C(NC1CCCN(c2ncccn2)C1)c1ccc(N2CCOCC2)cc1. The largest absolute Gasteiger partial charge is 0.378 e. The third kappa shape index (κ3) is 4.36. The number of nitrogens with one attached hydrogen (secondary N) is 1. The maximum Gasteiger partial charge on any atom is 0.251 e. The maximum atomic E-state index is 12.6. The Hall–Kier alpha value is -2.67. The van der Waals surface area contributed by atoms with Gasteiger partial charge in [0, 0.05) is 55.9 Å². The molecule has 2 aliphatic rings. The quantitative estimate of drug-likeness (QED) is 0.887. The van der Waals surface area contributed by atoms with E-state index >= 15 is 0 Å². The minimum absolute atomic E-state index is 0.0237. The zero-order valence-corrected chi connectivity index (χ0v) is 15.4. The van der Waals surface area contributed by atoms with Crippen LogP contribution in [0.5, 0.6) is 0 Å². The Morgan fingerprint density at radius 1 is 1.04 bits per heavy atom. The highest BCUT2D eigenvalue weighted by atomic mass is 16.5. The summed E-state index contributed by atoms with van der Waals surface area (Å²) in [5, 5.41) is 3.16. The fourth-order valence-electron chi connectivity index (χ4n) is 3.65. The molecular formula is C20H25N5O2. The summed E-state index contributed by atoms with van der Waals surface area (Å²) in [5.41, 5.74) is 1.83. The fourth-order valence-corrected chi connectivity index (χ4v) is 3.65. The van der Waals surface area contributed by atoms with Crippen molar-refractivity contribution in [3.8, 4) is 0 Å². The summed E-state index contributed by atoms with van der Waals surface area (Å²) in [6, 6.07) is 9.76. The van der Waals surface area contributed by atoms with Gasteiger partial charge in [-0.25, -0.2) is 9.97 Å². The topological polar surface area (TPSA) is 70.6 Å². The summed E-state index contributed by atoms with van der Waals surface area (Å²) in [5.74, 6) is 0.704. The van der Waals surface area contributed by atoms with E-state index in [9.17, 15) is 4.79 Å². The average Bonchev–Trinajstić information content (AvgIpc) is 2.75. The Morgan fingerprint density at radius 2 is 1.78 bits per heavy atom. The number of carbonyl (C=O) groups excluding carboxylic acids is 1. The van der Waals surface area contributed by atoms with Gasteiger partial charge in [0.05, 0.1) is 13.2 Å². The maximum absolute atomic E-state index is 12.6. The smallest absolute Gasteiger partial charge is 0.251 e. The van der Waals surface area contributed by atoms with Crippen molar-refractivity contribution in [3.05, 3.63) is 48.3 Å². The Kier molecular flexibility index (Phi) is 5.48. The van der Waals surface area contributed by atoms with E-state index in [0.717, 1.165) is 63.9 Å². The van der Waals surface area contributed by atoms with Gasteiger partial charge in [-0.3, -0.25) is 4.79 Å². The van der Waals surface area contributed by atoms with Crippen molar-refractivity contribution in [1.29, 1.82) is 0 Å². The molecule has 1 unspecified atom stereocenters. The lowest BCUT2D eigenvalue weighted by molar-refractivity contribution is 0.0933. The lowest BCUT2D eigenvalue weighted by Crippen LogP contribution is -2.48. The van der Waals surface area contributed by atoms with Crippen molar-refractivity contribution < 1.29 is 9.53 Å². The molecule has 142 valence electrons. The van der Waals surface area contributed by atoms with Gasteiger partial charge in [0.15, 0.2) is 0 Å². The van der Waals surface area contributed by atoms with Crippen LogP contribution in [0.15, 0.2) is 42.7 Å². The Balaban J connectivity index is 1.35. The normalized spacial score (nSPS) is 20.4. The number of nitrogens with zero attached hydrogens (tertiary/aromatic N) is 4. The number of amides is 1. The number of ether oxygens (including phenoxy) is 1. The van der Waals surface area contributed by atoms with E-state index in [1.165, 1.54) is 0 Å². The van der Waals surface area contributed by atoms with Gasteiger partial charge < -0.3 is 19.9 Å². The summed E-state index contributed by atoms with van der Waals surface area (Å²) in [4.78, 5) is 25.7.